The fourth-order valence-corrected chi connectivity index (χ4v) is 5.69. The summed E-state index contributed by atoms with van der Waals surface area (Å²) in [5.74, 6) is 1.03. The lowest BCUT2D eigenvalue weighted by Crippen LogP contribution is -2.56. The number of likely N-dealkylation sites (tertiary alicyclic amines) is 1. The van der Waals surface area contributed by atoms with Gasteiger partial charge in [-0.25, -0.2) is 4.98 Å². The fourth-order valence-electron chi connectivity index (χ4n) is 5.52. The summed E-state index contributed by atoms with van der Waals surface area (Å²) in [5, 5.41) is 3.85. The van der Waals surface area contributed by atoms with Crippen LogP contribution in [0.1, 0.15) is 64.7 Å². The molecule has 5 rings (SSSR count). The van der Waals surface area contributed by atoms with Crippen LogP contribution in [0.25, 0.3) is 11.1 Å². The maximum atomic E-state index is 12.7. The van der Waals surface area contributed by atoms with Gasteiger partial charge in [0.1, 0.15) is 5.52 Å². The molecule has 2 aliphatic carbocycles. The number of nitrogens with one attached hydrogen (secondary N) is 1. The highest BCUT2D eigenvalue weighted by Gasteiger charge is 2.55. The number of amides is 2. The van der Waals surface area contributed by atoms with E-state index in [0.29, 0.717) is 29.3 Å². The molecule has 3 fully saturated rings. The Morgan fingerprint density at radius 1 is 1.27 bits per heavy atom. The summed E-state index contributed by atoms with van der Waals surface area (Å²) in [5.41, 5.74) is 1.67. The van der Waals surface area contributed by atoms with Crippen molar-refractivity contribution >= 4 is 34.5 Å². The third-order valence-corrected chi connectivity index (χ3v) is 7.32. The highest BCUT2D eigenvalue weighted by Crippen LogP contribution is 2.61. The van der Waals surface area contributed by atoms with Crippen molar-refractivity contribution in [1.82, 2.24) is 15.2 Å². The topological polar surface area (TPSA) is 75.4 Å². The number of oxazole rings is 1. The Morgan fingerprint density at radius 2 is 2.00 bits per heavy atom. The van der Waals surface area contributed by atoms with E-state index in [2.05, 4.69) is 10.3 Å². The standard InChI is InChI=1S/C23H28ClN3O3/c1-22(2,3)27-12-13(6-19(27)28)20(29)25-16-10-23(11-16)8-14(9-23)21-26-17-7-15(24)4-5-18(17)30-21/h4-5,7,13-14,16H,6,8-12H2,1-3H3,(H,25,29). The normalized spacial score (nSPS) is 31.1. The Hall–Kier alpha value is -2.08. The number of benzene rings is 1. The first-order valence-electron chi connectivity index (χ1n) is 10.8. The summed E-state index contributed by atoms with van der Waals surface area (Å²) >= 11 is 6.04. The summed E-state index contributed by atoms with van der Waals surface area (Å²) in [6.07, 6.45) is 4.44. The first-order chi connectivity index (χ1) is 14.1. The van der Waals surface area contributed by atoms with Gasteiger partial charge in [-0.2, -0.15) is 0 Å². The Kier molecular flexibility index (Phi) is 4.44. The van der Waals surface area contributed by atoms with Gasteiger partial charge in [-0.1, -0.05) is 11.6 Å². The lowest BCUT2D eigenvalue weighted by Gasteiger charge is -2.57. The van der Waals surface area contributed by atoms with Crippen LogP contribution >= 0.6 is 11.6 Å². The average Bonchev–Trinajstić information content (AvgIpc) is 3.18. The van der Waals surface area contributed by atoms with Crippen molar-refractivity contribution in [3.63, 3.8) is 0 Å². The number of hydrogen-bond donors (Lipinski definition) is 1. The molecule has 1 aromatic heterocycles. The molecule has 2 heterocycles. The van der Waals surface area contributed by atoms with Gasteiger partial charge in [-0.05, 0) is 70.1 Å². The third kappa shape index (κ3) is 3.39. The van der Waals surface area contributed by atoms with Crippen LogP contribution in [-0.2, 0) is 9.59 Å². The number of carbonyl (C=O) groups excluding carboxylic acids is 2. The molecule has 3 aliphatic rings. The number of nitrogens with zero attached hydrogens (tertiary/aromatic N) is 2. The van der Waals surface area contributed by atoms with Crippen molar-refractivity contribution in [1.29, 1.82) is 0 Å². The van der Waals surface area contributed by atoms with Crippen LogP contribution in [0.15, 0.2) is 22.6 Å². The van der Waals surface area contributed by atoms with Gasteiger partial charge < -0.3 is 14.6 Å². The van der Waals surface area contributed by atoms with Crippen LogP contribution in [0, 0.1) is 11.3 Å². The van der Waals surface area contributed by atoms with E-state index in [1.54, 1.807) is 0 Å². The quantitative estimate of drug-likeness (QED) is 0.790. The fraction of sp³-hybridized carbons (Fsp3) is 0.609. The molecule has 6 nitrogen and oxygen atoms in total. The maximum absolute atomic E-state index is 12.7. The van der Waals surface area contributed by atoms with Crippen molar-refractivity contribution in [3.05, 3.63) is 29.1 Å². The number of fused-ring (bicyclic) bond motifs is 1. The van der Waals surface area contributed by atoms with Crippen molar-refractivity contribution in [2.75, 3.05) is 6.54 Å². The first-order valence-corrected chi connectivity index (χ1v) is 11.2. The molecule has 2 aromatic rings. The zero-order valence-corrected chi connectivity index (χ0v) is 18.5. The number of hydrogen-bond acceptors (Lipinski definition) is 4. The maximum Gasteiger partial charge on any atom is 0.225 e. The zero-order valence-electron chi connectivity index (χ0n) is 17.7. The molecule has 1 saturated heterocycles. The molecule has 2 amide bonds. The Morgan fingerprint density at radius 3 is 2.67 bits per heavy atom. The van der Waals surface area contributed by atoms with Gasteiger partial charge in [0.25, 0.3) is 0 Å². The van der Waals surface area contributed by atoms with Gasteiger partial charge in [0.2, 0.25) is 11.8 Å². The molecule has 1 unspecified atom stereocenters. The van der Waals surface area contributed by atoms with Crippen LogP contribution in [0.4, 0.5) is 0 Å². The highest BCUT2D eigenvalue weighted by molar-refractivity contribution is 6.31. The van der Waals surface area contributed by atoms with E-state index >= 15 is 0 Å². The largest absolute Gasteiger partial charge is 0.440 e. The van der Waals surface area contributed by atoms with Crippen LogP contribution in [-0.4, -0.2) is 39.8 Å². The monoisotopic (exact) mass is 429 g/mol. The first kappa shape index (κ1) is 19.9. The summed E-state index contributed by atoms with van der Waals surface area (Å²) in [7, 11) is 0. The molecule has 2 saturated carbocycles. The SMILES string of the molecule is CC(C)(C)N1CC(C(=O)NC2CC3(C2)CC(c2nc4cc(Cl)ccc4o2)C3)CC1=O. The van der Waals surface area contributed by atoms with Gasteiger partial charge in [0.05, 0.1) is 5.92 Å². The molecule has 30 heavy (non-hydrogen) atoms. The second kappa shape index (κ2) is 6.71. The molecule has 7 heteroatoms. The summed E-state index contributed by atoms with van der Waals surface area (Å²) in [6.45, 7) is 6.56. The van der Waals surface area contributed by atoms with E-state index in [-0.39, 0.29) is 29.3 Å². The van der Waals surface area contributed by atoms with E-state index in [4.69, 9.17) is 16.0 Å². The molecule has 0 bridgehead atoms. The van der Waals surface area contributed by atoms with Gasteiger partial charge in [0.15, 0.2) is 11.5 Å². The van der Waals surface area contributed by atoms with E-state index < -0.39 is 0 Å². The molecule has 1 aliphatic heterocycles. The molecule has 1 N–H and O–H groups in total. The highest BCUT2D eigenvalue weighted by atomic mass is 35.5. The van der Waals surface area contributed by atoms with Crippen molar-refractivity contribution in [2.24, 2.45) is 11.3 Å². The summed E-state index contributed by atoms with van der Waals surface area (Å²) < 4.78 is 5.92. The smallest absolute Gasteiger partial charge is 0.225 e. The van der Waals surface area contributed by atoms with Crippen molar-refractivity contribution in [3.8, 4) is 0 Å². The van der Waals surface area contributed by atoms with Crippen molar-refractivity contribution in [2.45, 2.75) is 70.4 Å². The van der Waals surface area contributed by atoms with Gasteiger partial charge in [0, 0.05) is 35.5 Å². The predicted octanol–water partition coefficient (Wildman–Crippen LogP) is 4.27. The van der Waals surface area contributed by atoms with Gasteiger partial charge in [-0.3, -0.25) is 9.59 Å². The van der Waals surface area contributed by atoms with E-state index in [9.17, 15) is 9.59 Å². The number of aromatic nitrogens is 1. The van der Waals surface area contributed by atoms with Crippen LogP contribution in [0.5, 0.6) is 0 Å². The third-order valence-electron chi connectivity index (χ3n) is 7.09. The lowest BCUT2D eigenvalue weighted by molar-refractivity contribution is -0.132. The number of halogens is 1. The van der Waals surface area contributed by atoms with E-state index in [1.165, 1.54) is 0 Å². The summed E-state index contributed by atoms with van der Waals surface area (Å²) in [6, 6.07) is 5.74. The number of rotatable bonds is 3. The zero-order chi connectivity index (χ0) is 21.3. The second-order valence-corrected chi connectivity index (χ2v) is 10.9. The minimum Gasteiger partial charge on any atom is -0.440 e. The Bertz CT molecular complexity index is 1010. The molecule has 160 valence electrons. The molecular formula is C23H28ClN3O3. The van der Waals surface area contributed by atoms with Gasteiger partial charge >= 0.3 is 0 Å². The van der Waals surface area contributed by atoms with Gasteiger partial charge in [-0.15, -0.1) is 0 Å². The Labute approximate surface area is 181 Å². The molecule has 1 spiro atoms. The molecule has 1 aromatic carbocycles. The van der Waals surface area contributed by atoms with Crippen LogP contribution in [0.3, 0.4) is 0 Å². The Balaban J connectivity index is 1.12. The van der Waals surface area contributed by atoms with Crippen LogP contribution < -0.4 is 5.32 Å². The van der Waals surface area contributed by atoms with E-state index in [1.807, 2.05) is 43.9 Å². The van der Waals surface area contributed by atoms with Crippen LogP contribution in [0.2, 0.25) is 5.02 Å². The summed E-state index contributed by atoms with van der Waals surface area (Å²) in [4.78, 5) is 31.4. The minimum absolute atomic E-state index is 0.0293. The molecular weight excluding hydrogens is 402 g/mol. The van der Waals surface area contributed by atoms with Crippen molar-refractivity contribution < 1.29 is 14.0 Å². The molecule has 0 radical (unpaired) electrons. The average molecular weight is 430 g/mol. The second-order valence-electron chi connectivity index (χ2n) is 10.5. The predicted molar refractivity (Wildman–Crippen MR) is 114 cm³/mol. The number of carbonyl (C=O) groups is 2. The molecule has 1 atom stereocenters. The van der Waals surface area contributed by atoms with E-state index in [0.717, 1.165) is 42.7 Å². The minimum atomic E-state index is -0.233. The lowest BCUT2D eigenvalue weighted by atomic mass is 9.50.